The van der Waals surface area contributed by atoms with Gasteiger partial charge in [-0.2, -0.15) is 4.31 Å². The highest BCUT2D eigenvalue weighted by molar-refractivity contribution is 7.89. The van der Waals surface area contributed by atoms with Crippen molar-refractivity contribution in [2.24, 2.45) is 10.7 Å². The van der Waals surface area contributed by atoms with E-state index in [1.807, 2.05) is 42.5 Å². The van der Waals surface area contributed by atoms with Crippen molar-refractivity contribution in [2.45, 2.75) is 29.8 Å². The SMILES string of the molecule is COc1cccc(OC)c1-c1ccc(C[C@H](N=C(N)[C@@H]2CCN2S(=O)(=O)c2ccccc2)C(=O)O)cc1. The summed E-state index contributed by atoms with van der Waals surface area (Å²) in [5.74, 6) is 0.163. The topological polar surface area (TPSA) is 132 Å². The molecule has 0 spiro atoms. The van der Waals surface area contributed by atoms with Gasteiger partial charge in [0.2, 0.25) is 10.0 Å². The molecule has 0 unspecified atom stereocenters. The Hall–Kier alpha value is -3.89. The van der Waals surface area contributed by atoms with Crippen LogP contribution in [-0.2, 0) is 21.2 Å². The number of nitrogens with two attached hydrogens (primary N) is 1. The molecule has 3 aromatic carbocycles. The summed E-state index contributed by atoms with van der Waals surface area (Å²) in [5, 5.41) is 9.80. The second-order valence-electron chi connectivity index (χ2n) is 8.58. The molecule has 1 fully saturated rings. The number of carbonyl (C=O) groups is 1. The predicted octanol–water partition coefficient (Wildman–Crippen LogP) is 3.19. The van der Waals surface area contributed by atoms with Crippen LogP contribution in [0.5, 0.6) is 11.5 Å². The van der Waals surface area contributed by atoms with Crippen LogP contribution in [-0.4, -0.2) is 62.5 Å². The van der Waals surface area contributed by atoms with Gasteiger partial charge in [-0.3, -0.25) is 4.99 Å². The number of aliphatic imine (C=N–C) groups is 1. The molecule has 0 bridgehead atoms. The summed E-state index contributed by atoms with van der Waals surface area (Å²) in [5.41, 5.74) is 8.54. The smallest absolute Gasteiger partial charge is 0.328 e. The first-order valence-corrected chi connectivity index (χ1v) is 13.1. The Morgan fingerprint density at radius 2 is 1.65 bits per heavy atom. The number of amidine groups is 1. The molecule has 4 rings (SSSR count). The summed E-state index contributed by atoms with van der Waals surface area (Å²) in [6.07, 6.45) is 0.570. The van der Waals surface area contributed by atoms with Crippen molar-refractivity contribution in [3.8, 4) is 22.6 Å². The van der Waals surface area contributed by atoms with E-state index < -0.39 is 28.1 Å². The molecule has 9 nitrogen and oxygen atoms in total. The van der Waals surface area contributed by atoms with Crippen LogP contribution < -0.4 is 15.2 Å². The van der Waals surface area contributed by atoms with Gasteiger partial charge in [-0.25, -0.2) is 13.2 Å². The number of carboxylic acid groups (broad SMARTS) is 1. The first kappa shape index (κ1) is 26.2. The van der Waals surface area contributed by atoms with Crippen LogP contribution in [0, 0.1) is 0 Å². The molecule has 3 aromatic rings. The molecule has 37 heavy (non-hydrogen) atoms. The van der Waals surface area contributed by atoms with Gasteiger partial charge in [0.1, 0.15) is 17.3 Å². The summed E-state index contributed by atoms with van der Waals surface area (Å²) in [7, 11) is -0.581. The number of ether oxygens (including phenoxy) is 2. The number of hydrogen-bond acceptors (Lipinski definition) is 6. The van der Waals surface area contributed by atoms with Gasteiger partial charge in [0.05, 0.1) is 30.7 Å². The Labute approximate surface area is 216 Å². The third-order valence-corrected chi connectivity index (χ3v) is 8.27. The molecule has 0 saturated carbocycles. The second kappa shape index (κ2) is 11.0. The highest BCUT2D eigenvalue weighted by Gasteiger charge is 2.41. The van der Waals surface area contributed by atoms with Crippen LogP contribution in [0.25, 0.3) is 11.1 Å². The number of sulfonamides is 1. The molecule has 1 heterocycles. The zero-order valence-corrected chi connectivity index (χ0v) is 21.4. The average molecular weight is 524 g/mol. The predicted molar refractivity (Wildman–Crippen MR) is 140 cm³/mol. The van der Waals surface area contributed by atoms with Crippen molar-refractivity contribution in [2.75, 3.05) is 20.8 Å². The summed E-state index contributed by atoms with van der Waals surface area (Å²) < 4.78 is 38.1. The van der Waals surface area contributed by atoms with E-state index in [-0.39, 0.29) is 17.2 Å². The van der Waals surface area contributed by atoms with Gasteiger partial charge in [0.25, 0.3) is 0 Å². The summed E-state index contributed by atoms with van der Waals surface area (Å²) in [6, 6.07) is 19.1. The Morgan fingerprint density at radius 3 is 2.16 bits per heavy atom. The van der Waals surface area contributed by atoms with Crippen LogP contribution in [0.2, 0.25) is 0 Å². The lowest BCUT2D eigenvalue weighted by atomic mass is 9.99. The first-order valence-electron chi connectivity index (χ1n) is 11.7. The van der Waals surface area contributed by atoms with Crippen LogP contribution in [0.15, 0.2) is 82.7 Å². The van der Waals surface area contributed by atoms with Crippen molar-refractivity contribution in [3.63, 3.8) is 0 Å². The number of benzene rings is 3. The van der Waals surface area contributed by atoms with Crippen LogP contribution in [0.3, 0.4) is 0 Å². The molecular weight excluding hydrogens is 494 g/mol. The summed E-state index contributed by atoms with van der Waals surface area (Å²) in [4.78, 5) is 16.4. The van der Waals surface area contributed by atoms with E-state index in [2.05, 4.69) is 4.99 Å². The second-order valence-corrected chi connectivity index (χ2v) is 10.5. The van der Waals surface area contributed by atoms with Crippen molar-refractivity contribution in [1.82, 2.24) is 4.31 Å². The third kappa shape index (κ3) is 5.45. The Morgan fingerprint density at radius 1 is 1.03 bits per heavy atom. The summed E-state index contributed by atoms with van der Waals surface area (Å²) in [6.45, 7) is 0.295. The van der Waals surface area contributed by atoms with Gasteiger partial charge in [-0.05, 0) is 41.8 Å². The van der Waals surface area contributed by atoms with Gasteiger partial charge in [-0.15, -0.1) is 0 Å². The van der Waals surface area contributed by atoms with Gasteiger partial charge >= 0.3 is 5.97 Å². The zero-order chi connectivity index (χ0) is 26.6. The van der Waals surface area contributed by atoms with Crippen LogP contribution in [0.1, 0.15) is 12.0 Å². The van der Waals surface area contributed by atoms with E-state index in [0.29, 0.717) is 24.5 Å². The van der Waals surface area contributed by atoms with E-state index >= 15 is 0 Å². The molecule has 2 atom stereocenters. The molecule has 10 heteroatoms. The lowest BCUT2D eigenvalue weighted by Crippen LogP contribution is -2.57. The minimum Gasteiger partial charge on any atom is -0.496 e. The Balaban J connectivity index is 1.53. The fraction of sp³-hybridized carbons (Fsp3) is 0.259. The quantitative estimate of drug-likeness (QED) is 0.308. The van der Waals surface area contributed by atoms with Crippen molar-refractivity contribution >= 4 is 21.8 Å². The standard InChI is InChI=1S/C27H29N3O6S/c1-35-23-9-6-10-24(36-2)25(23)19-13-11-18(12-14-19)17-21(27(31)32)29-26(28)22-15-16-30(22)37(33,34)20-7-4-3-5-8-20/h3-14,21-22H,15-17H2,1-2H3,(H2,28,29)(H,31,32)/t21-,22-/m0/s1. The number of methoxy groups -OCH3 is 2. The fourth-order valence-corrected chi connectivity index (χ4v) is 5.96. The normalized spacial score (nSPS) is 17.0. The molecule has 1 saturated heterocycles. The van der Waals surface area contributed by atoms with Gasteiger partial charge < -0.3 is 20.3 Å². The molecule has 194 valence electrons. The van der Waals surface area contributed by atoms with E-state index in [1.54, 1.807) is 32.4 Å². The lowest BCUT2D eigenvalue weighted by molar-refractivity contribution is -0.138. The Bertz CT molecular complexity index is 1370. The largest absolute Gasteiger partial charge is 0.496 e. The maximum absolute atomic E-state index is 13.0. The molecule has 1 aliphatic rings. The molecule has 3 N–H and O–H groups in total. The number of carboxylic acids is 1. The van der Waals surface area contributed by atoms with E-state index in [4.69, 9.17) is 15.2 Å². The highest BCUT2D eigenvalue weighted by Crippen LogP contribution is 2.38. The first-order chi connectivity index (χ1) is 17.8. The van der Waals surface area contributed by atoms with Gasteiger partial charge in [0, 0.05) is 13.0 Å². The minimum atomic E-state index is -3.75. The maximum Gasteiger partial charge on any atom is 0.328 e. The van der Waals surface area contributed by atoms with Gasteiger partial charge in [0.15, 0.2) is 6.04 Å². The van der Waals surface area contributed by atoms with Crippen LogP contribution >= 0.6 is 0 Å². The number of aliphatic carboxylic acids is 1. The molecule has 0 radical (unpaired) electrons. The number of nitrogens with zero attached hydrogens (tertiary/aromatic N) is 2. The van der Waals surface area contributed by atoms with Crippen molar-refractivity contribution in [3.05, 3.63) is 78.4 Å². The zero-order valence-electron chi connectivity index (χ0n) is 20.6. The fourth-order valence-electron chi connectivity index (χ4n) is 4.30. The van der Waals surface area contributed by atoms with E-state index in [9.17, 15) is 18.3 Å². The molecule has 0 aliphatic carbocycles. The maximum atomic E-state index is 13.0. The average Bonchev–Trinajstić information content (AvgIpc) is 2.87. The molecular formula is C27H29N3O6S. The van der Waals surface area contributed by atoms with Crippen molar-refractivity contribution in [1.29, 1.82) is 0 Å². The van der Waals surface area contributed by atoms with Gasteiger partial charge in [-0.1, -0.05) is 48.5 Å². The monoisotopic (exact) mass is 523 g/mol. The number of rotatable bonds is 10. The van der Waals surface area contributed by atoms with Crippen LogP contribution in [0.4, 0.5) is 0 Å². The minimum absolute atomic E-state index is 0.00599. The highest BCUT2D eigenvalue weighted by atomic mass is 32.2. The molecule has 0 amide bonds. The molecule has 1 aliphatic heterocycles. The summed E-state index contributed by atoms with van der Waals surface area (Å²) >= 11 is 0. The third-order valence-electron chi connectivity index (χ3n) is 6.35. The molecule has 0 aromatic heterocycles. The lowest BCUT2D eigenvalue weighted by Gasteiger charge is -2.39. The van der Waals surface area contributed by atoms with E-state index in [1.165, 1.54) is 16.4 Å². The van der Waals surface area contributed by atoms with E-state index in [0.717, 1.165) is 16.7 Å². The number of hydrogen-bond donors (Lipinski definition) is 2. The Kier molecular flexibility index (Phi) is 7.80. The van der Waals surface area contributed by atoms with Crippen molar-refractivity contribution < 1.29 is 27.8 Å².